The minimum absolute atomic E-state index is 0.320. The van der Waals surface area contributed by atoms with Crippen molar-refractivity contribution in [2.75, 3.05) is 18.8 Å². The van der Waals surface area contributed by atoms with E-state index in [1.165, 1.54) is 29.2 Å². The van der Waals surface area contributed by atoms with E-state index in [-0.39, 0.29) is 10.5 Å². The van der Waals surface area contributed by atoms with Crippen LogP contribution in [0, 0.1) is 0 Å². The van der Waals surface area contributed by atoms with Crippen LogP contribution in [-0.2, 0) is 14.6 Å². The van der Waals surface area contributed by atoms with Crippen LogP contribution in [0.3, 0.4) is 0 Å². The van der Waals surface area contributed by atoms with Crippen molar-refractivity contribution in [2.24, 2.45) is 0 Å². The number of amides is 1. The van der Waals surface area contributed by atoms with Gasteiger partial charge < -0.3 is 10.0 Å². The summed E-state index contributed by atoms with van der Waals surface area (Å²) < 4.78 is 24.4. The molecule has 1 aromatic rings. The molecule has 7 heteroatoms. The van der Waals surface area contributed by atoms with Gasteiger partial charge >= 0.3 is 5.97 Å². The van der Waals surface area contributed by atoms with Gasteiger partial charge in [-0.05, 0) is 26.0 Å². The van der Waals surface area contributed by atoms with E-state index in [0.717, 1.165) is 0 Å². The van der Waals surface area contributed by atoms with Gasteiger partial charge in [0.25, 0.3) is 0 Å². The van der Waals surface area contributed by atoms with Crippen LogP contribution in [0.2, 0.25) is 0 Å². The molecular weight excluding hydrogens is 282 g/mol. The zero-order valence-corrected chi connectivity index (χ0v) is 12.2. The van der Waals surface area contributed by atoms with Crippen molar-refractivity contribution in [1.82, 2.24) is 4.90 Å². The third kappa shape index (κ3) is 3.57. The summed E-state index contributed by atoms with van der Waals surface area (Å²) in [6.07, 6.45) is 0. The van der Waals surface area contributed by atoms with Gasteiger partial charge in [0.05, 0.1) is 10.5 Å². The Kier molecular flexibility index (Phi) is 5.26. The molecule has 0 fully saturated rings. The number of carboxylic acids is 1. The highest BCUT2D eigenvalue weighted by Gasteiger charge is 2.26. The predicted octanol–water partition coefficient (Wildman–Crippen LogP) is 1.03. The lowest BCUT2D eigenvalue weighted by atomic mass is 10.2. The number of aromatic carboxylic acids is 1. The lowest BCUT2D eigenvalue weighted by molar-refractivity contribution is -0.128. The highest BCUT2D eigenvalue weighted by Crippen LogP contribution is 2.17. The second-order valence-corrected chi connectivity index (χ2v) is 6.08. The first-order chi connectivity index (χ1) is 9.33. The Labute approximate surface area is 117 Å². The fourth-order valence-electron chi connectivity index (χ4n) is 1.82. The molecule has 0 spiro atoms. The molecule has 0 unspecified atom stereocenters. The number of nitrogens with zero attached hydrogens (tertiary/aromatic N) is 1. The lowest BCUT2D eigenvalue weighted by Gasteiger charge is -2.18. The Morgan fingerprint density at radius 1 is 1.15 bits per heavy atom. The first-order valence-corrected chi connectivity index (χ1v) is 7.81. The fraction of sp³-hybridized carbons (Fsp3) is 0.385. The van der Waals surface area contributed by atoms with Gasteiger partial charge in [-0.15, -0.1) is 0 Å². The van der Waals surface area contributed by atoms with Crippen LogP contribution in [0.25, 0.3) is 0 Å². The van der Waals surface area contributed by atoms with E-state index >= 15 is 0 Å². The average Bonchev–Trinajstić information content (AvgIpc) is 2.39. The van der Waals surface area contributed by atoms with Crippen LogP contribution >= 0.6 is 0 Å². The van der Waals surface area contributed by atoms with Crippen LogP contribution in [0.1, 0.15) is 24.2 Å². The Bertz CT molecular complexity index is 605. The Morgan fingerprint density at radius 3 is 2.20 bits per heavy atom. The van der Waals surface area contributed by atoms with E-state index in [0.29, 0.717) is 13.1 Å². The highest BCUT2D eigenvalue weighted by molar-refractivity contribution is 7.92. The summed E-state index contributed by atoms with van der Waals surface area (Å²) >= 11 is 0. The third-order valence-corrected chi connectivity index (χ3v) is 4.54. The molecule has 6 nitrogen and oxygen atoms in total. The monoisotopic (exact) mass is 299 g/mol. The first-order valence-electron chi connectivity index (χ1n) is 6.16. The van der Waals surface area contributed by atoms with E-state index in [2.05, 4.69) is 0 Å². The lowest BCUT2D eigenvalue weighted by Crippen LogP contribution is -2.35. The molecule has 110 valence electrons. The second kappa shape index (κ2) is 6.51. The predicted molar refractivity (Wildman–Crippen MR) is 73.4 cm³/mol. The molecule has 1 N–H and O–H groups in total. The molecule has 20 heavy (non-hydrogen) atoms. The van der Waals surface area contributed by atoms with Gasteiger partial charge in [0, 0.05) is 13.1 Å². The molecule has 1 rings (SSSR count). The van der Waals surface area contributed by atoms with Crippen LogP contribution in [0.5, 0.6) is 0 Å². The van der Waals surface area contributed by atoms with Crippen LogP contribution in [-0.4, -0.2) is 49.1 Å². The van der Waals surface area contributed by atoms with Crippen LogP contribution < -0.4 is 0 Å². The number of hydrogen-bond donors (Lipinski definition) is 1. The Morgan fingerprint density at radius 2 is 1.70 bits per heavy atom. The molecule has 1 amide bonds. The van der Waals surface area contributed by atoms with Crippen molar-refractivity contribution < 1.29 is 23.1 Å². The van der Waals surface area contributed by atoms with Gasteiger partial charge in [-0.25, -0.2) is 13.2 Å². The molecule has 0 saturated carbocycles. The van der Waals surface area contributed by atoms with E-state index in [1.807, 2.05) is 0 Å². The zero-order valence-electron chi connectivity index (χ0n) is 11.4. The number of rotatable bonds is 6. The van der Waals surface area contributed by atoms with E-state index < -0.39 is 27.5 Å². The standard InChI is InChI=1S/C13H17NO5S/c1-3-14(4-2)12(15)9-20(18,19)11-8-6-5-7-10(11)13(16)17/h5-8H,3-4,9H2,1-2H3,(H,16,17). The summed E-state index contributed by atoms with van der Waals surface area (Å²) in [5, 5.41) is 9.00. The molecule has 0 radical (unpaired) electrons. The number of benzene rings is 1. The first kappa shape index (κ1) is 16.2. The van der Waals surface area contributed by atoms with Crippen molar-refractivity contribution in [1.29, 1.82) is 0 Å². The molecule has 1 aromatic carbocycles. The number of hydrogen-bond acceptors (Lipinski definition) is 4. The molecule has 0 bridgehead atoms. The summed E-state index contributed by atoms with van der Waals surface area (Å²) in [5.41, 5.74) is -0.320. The van der Waals surface area contributed by atoms with Crippen molar-refractivity contribution >= 4 is 21.7 Å². The minimum atomic E-state index is -3.97. The highest BCUT2D eigenvalue weighted by atomic mass is 32.2. The maximum atomic E-state index is 12.2. The maximum absolute atomic E-state index is 12.2. The smallest absolute Gasteiger partial charge is 0.337 e. The van der Waals surface area contributed by atoms with E-state index in [1.54, 1.807) is 13.8 Å². The molecule has 0 atom stereocenters. The van der Waals surface area contributed by atoms with Gasteiger partial charge in [0.1, 0.15) is 5.75 Å². The second-order valence-electron chi connectivity index (χ2n) is 4.13. The average molecular weight is 299 g/mol. The topological polar surface area (TPSA) is 91.8 Å². The van der Waals surface area contributed by atoms with Gasteiger partial charge in [-0.2, -0.15) is 0 Å². The molecule has 0 aromatic heterocycles. The minimum Gasteiger partial charge on any atom is -0.478 e. The van der Waals surface area contributed by atoms with Crippen molar-refractivity contribution in [3.05, 3.63) is 29.8 Å². The van der Waals surface area contributed by atoms with Crippen LogP contribution in [0.15, 0.2) is 29.2 Å². The fourth-order valence-corrected chi connectivity index (χ4v) is 3.26. The number of carboxylic acid groups (broad SMARTS) is 1. The van der Waals surface area contributed by atoms with Crippen molar-refractivity contribution in [3.63, 3.8) is 0 Å². The van der Waals surface area contributed by atoms with Gasteiger partial charge in [-0.1, -0.05) is 12.1 Å². The van der Waals surface area contributed by atoms with E-state index in [9.17, 15) is 18.0 Å². The molecule has 0 aliphatic carbocycles. The van der Waals surface area contributed by atoms with Crippen LogP contribution in [0.4, 0.5) is 0 Å². The molecule has 0 heterocycles. The summed E-state index contributed by atoms with van der Waals surface area (Å²) in [5.74, 6) is -2.59. The zero-order chi connectivity index (χ0) is 15.3. The summed E-state index contributed by atoms with van der Waals surface area (Å²) in [6.45, 7) is 4.31. The number of sulfone groups is 1. The van der Waals surface area contributed by atoms with Gasteiger partial charge in [0.2, 0.25) is 5.91 Å². The molecule has 0 saturated heterocycles. The molecule has 0 aliphatic rings. The summed E-state index contributed by atoms with van der Waals surface area (Å²) in [7, 11) is -3.97. The molecular formula is C13H17NO5S. The third-order valence-electron chi connectivity index (χ3n) is 2.88. The van der Waals surface area contributed by atoms with Crippen molar-refractivity contribution in [2.45, 2.75) is 18.7 Å². The van der Waals surface area contributed by atoms with Gasteiger partial charge in [-0.3, -0.25) is 4.79 Å². The Balaban J connectivity index is 3.13. The maximum Gasteiger partial charge on any atom is 0.337 e. The number of carbonyl (C=O) groups is 2. The largest absolute Gasteiger partial charge is 0.478 e. The van der Waals surface area contributed by atoms with E-state index in [4.69, 9.17) is 5.11 Å². The van der Waals surface area contributed by atoms with Crippen molar-refractivity contribution in [3.8, 4) is 0 Å². The SMILES string of the molecule is CCN(CC)C(=O)CS(=O)(=O)c1ccccc1C(=O)O. The number of carbonyl (C=O) groups excluding carboxylic acids is 1. The summed E-state index contributed by atoms with van der Waals surface area (Å²) in [4.78, 5) is 24.0. The molecule has 0 aliphatic heterocycles. The van der Waals surface area contributed by atoms with Gasteiger partial charge in [0.15, 0.2) is 9.84 Å². The quantitative estimate of drug-likeness (QED) is 0.847. The normalized spacial score (nSPS) is 11.1. The summed E-state index contributed by atoms with van der Waals surface area (Å²) in [6, 6.07) is 5.28. The Hall–Kier alpha value is -1.89.